The van der Waals surface area contributed by atoms with E-state index in [-0.39, 0.29) is 11.4 Å². The molecule has 0 radical (unpaired) electrons. The van der Waals surface area contributed by atoms with E-state index < -0.39 is 5.41 Å². The minimum absolute atomic E-state index is 0.0238. The summed E-state index contributed by atoms with van der Waals surface area (Å²) in [7, 11) is 1.45. The summed E-state index contributed by atoms with van der Waals surface area (Å²) >= 11 is 3.51. The Morgan fingerprint density at radius 3 is 2.38 bits per heavy atom. The minimum atomic E-state index is -0.470. The Hall–Kier alpha value is -0.830. The van der Waals surface area contributed by atoms with Crippen LogP contribution in [0.5, 0.6) is 0 Å². The zero-order valence-corrected chi connectivity index (χ0v) is 11.3. The quantitative estimate of drug-likeness (QED) is 0.778. The SMILES string of the molecule is COC(=O)C1(c2ccccc2Br)CC1(C)C. The number of rotatable bonds is 2. The van der Waals surface area contributed by atoms with Crippen molar-refractivity contribution in [1.29, 1.82) is 0 Å². The highest BCUT2D eigenvalue weighted by Crippen LogP contribution is 2.65. The third-order valence-electron chi connectivity index (χ3n) is 3.60. The van der Waals surface area contributed by atoms with Gasteiger partial charge in [0, 0.05) is 4.47 Å². The van der Waals surface area contributed by atoms with E-state index >= 15 is 0 Å². The molecule has 1 atom stereocenters. The monoisotopic (exact) mass is 282 g/mol. The van der Waals surface area contributed by atoms with Crippen LogP contribution in [0.2, 0.25) is 0 Å². The molecule has 1 fully saturated rings. The molecule has 1 aromatic rings. The number of esters is 1. The number of carbonyl (C=O) groups is 1. The van der Waals surface area contributed by atoms with Crippen molar-refractivity contribution < 1.29 is 9.53 Å². The first-order chi connectivity index (χ1) is 7.45. The average Bonchev–Trinajstić information content (AvgIpc) is 2.82. The molecule has 1 saturated carbocycles. The van der Waals surface area contributed by atoms with Crippen LogP contribution in [0.3, 0.4) is 0 Å². The molecule has 1 aromatic carbocycles. The van der Waals surface area contributed by atoms with Crippen molar-refractivity contribution in [3.63, 3.8) is 0 Å². The van der Waals surface area contributed by atoms with Gasteiger partial charge in [-0.2, -0.15) is 0 Å². The first-order valence-corrected chi connectivity index (χ1v) is 6.08. The predicted octanol–water partition coefficient (Wildman–Crippen LogP) is 3.29. The Balaban J connectivity index is 2.52. The second-order valence-corrected chi connectivity index (χ2v) is 5.79. The summed E-state index contributed by atoms with van der Waals surface area (Å²) in [6.45, 7) is 4.20. The Labute approximate surface area is 104 Å². The van der Waals surface area contributed by atoms with Crippen molar-refractivity contribution in [2.24, 2.45) is 5.41 Å². The molecule has 0 spiro atoms. The lowest BCUT2D eigenvalue weighted by atomic mass is 9.88. The molecule has 0 saturated heterocycles. The van der Waals surface area contributed by atoms with Crippen LogP contribution in [0.15, 0.2) is 28.7 Å². The fourth-order valence-corrected chi connectivity index (χ4v) is 3.14. The van der Waals surface area contributed by atoms with E-state index in [2.05, 4.69) is 29.8 Å². The van der Waals surface area contributed by atoms with Gasteiger partial charge >= 0.3 is 5.97 Å². The second kappa shape index (κ2) is 3.59. The van der Waals surface area contributed by atoms with Crippen LogP contribution < -0.4 is 0 Å². The van der Waals surface area contributed by atoms with Crippen molar-refractivity contribution in [3.05, 3.63) is 34.3 Å². The lowest BCUT2D eigenvalue weighted by molar-refractivity contribution is -0.144. The Bertz CT molecular complexity index is 439. The standard InChI is InChI=1S/C13H15BrO2/c1-12(2)8-13(12,11(15)16-3)9-6-4-5-7-10(9)14/h4-7H,8H2,1-3H3. The zero-order valence-electron chi connectivity index (χ0n) is 9.71. The van der Waals surface area contributed by atoms with Gasteiger partial charge in [0.05, 0.1) is 12.5 Å². The molecule has 86 valence electrons. The normalized spacial score (nSPS) is 26.2. The molecule has 0 amide bonds. The molecule has 0 N–H and O–H groups in total. The van der Waals surface area contributed by atoms with E-state index in [1.807, 2.05) is 24.3 Å². The summed E-state index contributed by atoms with van der Waals surface area (Å²) in [4.78, 5) is 12.0. The van der Waals surface area contributed by atoms with Gasteiger partial charge < -0.3 is 4.74 Å². The molecule has 0 bridgehead atoms. The van der Waals surface area contributed by atoms with Crippen LogP contribution in [0, 0.1) is 5.41 Å². The third-order valence-corrected chi connectivity index (χ3v) is 4.30. The fourth-order valence-electron chi connectivity index (χ4n) is 2.52. The fraction of sp³-hybridized carbons (Fsp3) is 0.462. The first-order valence-electron chi connectivity index (χ1n) is 5.29. The molecule has 1 aliphatic carbocycles. The maximum Gasteiger partial charge on any atom is 0.316 e. The van der Waals surface area contributed by atoms with Crippen LogP contribution in [-0.2, 0) is 14.9 Å². The van der Waals surface area contributed by atoms with Crippen LogP contribution in [0.4, 0.5) is 0 Å². The summed E-state index contributed by atoms with van der Waals surface area (Å²) in [5.41, 5.74) is 0.540. The number of hydrogen-bond donors (Lipinski definition) is 0. The lowest BCUT2D eigenvalue weighted by Crippen LogP contribution is -2.27. The smallest absolute Gasteiger partial charge is 0.316 e. The van der Waals surface area contributed by atoms with Gasteiger partial charge in [-0.05, 0) is 23.5 Å². The van der Waals surface area contributed by atoms with Gasteiger partial charge in [-0.1, -0.05) is 48.0 Å². The third kappa shape index (κ3) is 1.41. The van der Waals surface area contributed by atoms with E-state index in [0.29, 0.717) is 0 Å². The average molecular weight is 283 g/mol. The second-order valence-electron chi connectivity index (χ2n) is 4.94. The molecule has 2 nitrogen and oxygen atoms in total. The van der Waals surface area contributed by atoms with E-state index in [1.165, 1.54) is 7.11 Å². The molecular formula is C13H15BrO2. The van der Waals surface area contributed by atoms with Crippen molar-refractivity contribution in [2.75, 3.05) is 7.11 Å². The van der Waals surface area contributed by atoms with E-state index in [0.717, 1.165) is 16.5 Å². The number of ether oxygens (including phenoxy) is 1. The van der Waals surface area contributed by atoms with Crippen LogP contribution in [0.25, 0.3) is 0 Å². The molecule has 2 rings (SSSR count). The minimum Gasteiger partial charge on any atom is -0.468 e. The van der Waals surface area contributed by atoms with Crippen molar-refractivity contribution in [3.8, 4) is 0 Å². The van der Waals surface area contributed by atoms with Gasteiger partial charge in [-0.3, -0.25) is 4.79 Å². The predicted molar refractivity (Wildman–Crippen MR) is 66.2 cm³/mol. The van der Waals surface area contributed by atoms with Gasteiger partial charge in [0.1, 0.15) is 0 Å². The zero-order chi connectivity index (χ0) is 12.0. The number of halogens is 1. The number of methoxy groups -OCH3 is 1. The molecule has 0 aromatic heterocycles. The van der Waals surface area contributed by atoms with Gasteiger partial charge in [0.25, 0.3) is 0 Å². The molecule has 1 unspecified atom stereocenters. The van der Waals surface area contributed by atoms with E-state index in [1.54, 1.807) is 0 Å². The molecule has 0 heterocycles. The number of hydrogen-bond acceptors (Lipinski definition) is 2. The summed E-state index contributed by atoms with van der Waals surface area (Å²) < 4.78 is 5.94. The van der Waals surface area contributed by atoms with Crippen molar-refractivity contribution in [1.82, 2.24) is 0 Å². The van der Waals surface area contributed by atoms with Gasteiger partial charge in [0.15, 0.2) is 0 Å². The lowest BCUT2D eigenvalue weighted by Gasteiger charge is -2.19. The largest absolute Gasteiger partial charge is 0.468 e. The van der Waals surface area contributed by atoms with Crippen molar-refractivity contribution >= 4 is 21.9 Å². The summed E-state index contributed by atoms with van der Waals surface area (Å²) in [5, 5.41) is 0. The number of benzene rings is 1. The van der Waals surface area contributed by atoms with Crippen LogP contribution in [0.1, 0.15) is 25.8 Å². The van der Waals surface area contributed by atoms with Crippen LogP contribution >= 0.6 is 15.9 Å². The Morgan fingerprint density at radius 2 is 1.94 bits per heavy atom. The van der Waals surface area contributed by atoms with Crippen molar-refractivity contribution in [2.45, 2.75) is 25.7 Å². The van der Waals surface area contributed by atoms with Crippen LogP contribution in [-0.4, -0.2) is 13.1 Å². The molecule has 1 aliphatic rings. The first kappa shape index (κ1) is 11.6. The summed E-state index contributed by atoms with van der Waals surface area (Å²) in [6.07, 6.45) is 0.843. The highest BCUT2D eigenvalue weighted by atomic mass is 79.9. The van der Waals surface area contributed by atoms with Gasteiger partial charge in [-0.15, -0.1) is 0 Å². The summed E-state index contributed by atoms with van der Waals surface area (Å²) in [6, 6.07) is 7.87. The maximum atomic E-state index is 12.0. The Morgan fingerprint density at radius 1 is 1.38 bits per heavy atom. The maximum absolute atomic E-state index is 12.0. The highest BCUT2D eigenvalue weighted by molar-refractivity contribution is 9.10. The topological polar surface area (TPSA) is 26.3 Å². The highest BCUT2D eigenvalue weighted by Gasteiger charge is 2.68. The summed E-state index contributed by atoms with van der Waals surface area (Å²) in [5.74, 6) is -0.135. The Kier molecular flexibility index (Phi) is 2.61. The van der Waals surface area contributed by atoms with Gasteiger partial charge in [-0.25, -0.2) is 0 Å². The van der Waals surface area contributed by atoms with E-state index in [9.17, 15) is 4.79 Å². The molecular weight excluding hydrogens is 268 g/mol. The number of carbonyl (C=O) groups excluding carboxylic acids is 1. The van der Waals surface area contributed by atoms with E-state index in [4.69, 9.17) is 4.74 Å². The molecule has 3 heteroatoms. The molecule has 16 heavy (non-hydrogen) atoms. The molecule has 0 aliphatic heterocycles. The van der Waals surface area contributed by atoms with Gasteiger partial charge in [0.2, 0.25) is 0 Å².